The average molecular weight is 429 g/mol. The fourth-order valence-corrected chi connectivity index (χ4v) is 5.48. The van der Waals surface area contributed by atoms with Crippen LogP contribution in [-0.4, -0.2) is 22.5 Å². The van der Waals surface area contributed by atoms with Gasteiger partial charge in [-0.1, -0.05) is 54.0 Å². The van der Waals surface area contributed by atoms with Crippen LogP contribution < -0.4 is 4.43 Å². The fourth-order valence-electron chi connectivity index (χ4n) is 3.39. The van der Waals surface area contributed by atoms with E-state index in [9.17, 15) is 4.57 Å². The fraction of sp³-hybridized carbons (Fsp3) is 0.727. The Balaban J connectivity index is 3.69. The van der Waals surface area contributed by atoms with Gasteiger partial charge in [-0.2, -0.15) is 0 Å². The molecule has 0 N–H and O–H groups in total. The highest BCUT2D eigenvalue weighted by atomic mass is 31.2. The lowest BCUT2D eigenvalue weighted by Crippen LogP contribution is -2.44. The van der Waals surface area contributed by atoms with E-state index in [0.717, 1.165) is 35.3 Å². The summed E-state index contributed by atoms with van der Waals surface area (Å²) < 4.78 is 30.3. The van der Waals surface area contributed by atoms with Crippen molar-refractivity contribution in [3.63, 3.8) is 0 Å². The molecule has 0 aliphatic carbocycles. The first-order valence-electron chi connectivity index (χ1n) is 10.2. The molecule has 1 aromatic rings. The molecule has 1 rings (SSSR count). The summed E-state index contributed by atoms with van der Waals surface area (Å²) in [5.41, 5.74) is 3.12. The molecule has 0 aliphatic rings. The Labute approximate surface area is 174 Å². The maximum absolute atomic E-state index is 12.9. The normalized spacial score (nSPS) is 13.7. The van der Waals surface area contributed by atoms with Crippen LogP contribution in [0.1, 0.15) is 71.1 Å². The molecule has 0 fully saturated rings. The molecule has 0 heterocycles. The summed E-state index contributed by atoms with van der Waals surface area (Å²) >= 11 is 0. The third kappa shape index (κ3) is 5.95. The van der Waals surface area contributed by atoms with Crippen LogP contribution >= 0.6 is 7.60 Å². The zero-order valence-corrected chi connectivity index (χ0v) is 21.8. The molecule has 0 aromatic heterocycles. The van der Waals surface area contributed by atoms with Crippen molar-refractivity contribution in [2.45, 2.75) is 91.0 Å². The van der Waals surface area contributed by atoms with Crippen molar-refractivity contribution in [1.82, 2.24) is 0 Å². The van der Waals surface area contributed by atoms with Crippen LogP contribution in [0.15, 0.2) is 12.1 Å². The topological polar surface area (TPSA) is 44.8 Å². The molecular weight excluding hydrogens is 387 g/mol. The first-order valence-corrected chi connectivity index (χ1v) is 14.8. The molecule has 0 bridgehead atoms. The van der Waals surface area contributed by atoms with E-state index in [1.165, 1.54) is 14.2 Å². The van der Waals surface area contributed by atoms with Crippen LogP contribution in [0, 0.1) is 6.92 Å². The van der Waals surface area contributed by atoms with Gasteiger partial charge in [0.05, 0.1) is 6.16 Å². The molecule has 1 aromatic carbocycles. The second kappa shape index (κ2) is 9.03. The van der Waals surface area contributed by atoms with Crippen LogP contribution in [-0.2, 0) is 25.2 Å². The molecule has 6 heteroatoms. The maximum atomic E-state index is 12.9. The van der Waals surface area contributed by atoms with E-state index in [4.69, 9.17) is 13.5 Å². The Kier molecular flexibility index (Phi) is 8.20. The van der Waals surface area contributed by atoms with E-state index in [-0.39, 0.29) is 16.6 Å². The first-order chi connectivity index (χ1) is 12.6. The monoisotopic (exact) mass is 428 g/mol. The predicted molar refractivity (Wildman–Crippen MR) is 122 cm³/mol. The largest absolute Gasteiger partial charge is 0.543 e. The van der Waals surface area contributed by atoms with Gasteiger partial charge in [0, 0.05) is 19.8 Å². The Morgan fingerprint density at radius 3 is 2.00 bits per heavy atom. The van der Waals surface area contributed by atoms with E-state index in [0.29, 0.717) is 0 Å². The van der Waals surface area contributed by atoms with Crippen molar-refractivity contribution >= 4 is 15.9 Å². The van der Waals surface area contributed by atoms with Gasteiger partial charge in [-0.3, -0.25) is 4.57 Å². The van der Waals surface area contributed by atoms with Crippen LogP contribution in [0.2, 0.25) is 18.1 Å². The molecule has 0 radical (unpaired) electrons. The minimum Gasteiger partial charge on any atom is -0.543 e. The summed E-state index contributed by atoms with van der Waals surface area (Å²) in [7, 11) is -2.32. The Morgan fingerprint density at radius 2 is 1.57 bits per heavy atom. The van der Waals surface area contributed by atoms with Gasteiger partial charge in [0.25, 0.3) is 0 Å². The second-order valence-corrected chi connectivity index (χ2v) is 16.9. The van der Waals surface area contributed by atoms with Crippen LogP contribution in [0.25, 0.3) is 0 Å². The SMILES string of the molecule is CCCC(C)(C)c1c(CP(=O)(OC)OC)cc(C)cc1O[Si](C)(C)C(C)(C)C. The third-order valence-electron chi connectivity index (χ3n) is 5.97. The highest BCUT2D eigenvalue weighted by Gasteiger charge is 2.41. The van der Waals surface area contributed by atoms with Gasteiger partial charge in [0.15, 0.2) is 0 Å². The van der Waals surface area contributed by atoms with Crippen LogP contribution in [0.5, 0.6) is 5.75 Å². The van der Waals surface area contributed by atoms with Crippen molar-refractivity contribution in [2.24, 2.45) is 0 Å². The smallest absolute Gasteiger partial charge is 0.334 e. The summed E-state index contributed by atoms with van der Waals surface area (Å²) in [4.78, 5) is 0. The van der Waals surface area contributed by atoms with Gasteiger partial charge in [-0.15, -0.1) is 0 Å². The van der Waals surface area contributed by atoms with Gasteiger partial charge < -0.3 is 13.5 Å². The van der Waals surface area contributed by atoms with Crippen LogP contribution in [0.3, 0.4) is 0 Å². The van der Waals surface area contributed by atoms with Crippen molar-refractivity contribution in [1.29, 1.82) is 0 Å². The number of hydrogen-bond donors (Lipinski definition) is 0. The van der Waals surface area contributed by atoms with Gasteiger partial charge in [0.2, 0.25) is 8.32 Å². The summed E-state index contributed by atoms with van der Waals surface area (Å²) in [6, 6.07) is 4.25. The Hall–Kier alpha value is -0.613. The van der Waals surface area contributed by atoms with E-state index < -0.39 is 15.9 Å². The van der Waals surface area contributed by atoms with E-state index in [2.05, 4.69) is 73.7 Å². The van der Waals surface area contributed by atoms with Crippen molar-refractivity contribution in [2.75, 3.05) is 14.2 Å². The third-order valence-corrected chi connectivity index (χ3v) is 12.2. The van der Waals surface area contributed by atoms with Crippen molar-refractivity contribution in [3.05, 3.63) is 28.8 Å². The minimum absolute atomic E-state index is 0.0947. The van der Waals surface area contributed by atoms with E-state index in [1.807, 2.05) is 0 Å². The van der Waals surface area contributed by atoms with Gasteiger partial charge in [0.1, 0.15) is 5.75 Å². The lowest BCUT2D eigenvalue weighted by atomic mass is 9.77. The first kappa shape index (κ1) is 25.4. The van der Waals surface area contributed by atoms with Gasteiger partial charge in [-0.25, -0.2) is 0 Å². The Bertz CT molecular complexity index is 712. The quantitative estimate of drug-likeness (QED) is 0.303. The minimum atomic E-state index is -3.19. The number of hydrogen-bond acceptors (Lipinski definition) is 4. The molecule has 28 heavy (non-hydrogen) atoms. The summed E-state index contributed by atoms with van der Waals surface area (Å²) in [6.45, 7) is 20.0. The van der Waals surface area contributed by atoms with Crippen LogP contribution in [0.4, 0.5) is 0 Å². The van der Waals surface area contributed by atoms with Gasteiger partial charge in [-0.05, 0) is 54.1 Å². The van der Waals surface area contributed by atoms with Crippen molar-refractivity contribution in [3.8, 4) is 5.75 Å². The van der Waals surface area contributed by atoms with Crippen molar-refractivity contribution < 1.29 is 18.0 Å². The molecule has 162 valence electrons. The molecular formula is C22H41O4PSi. The van der Waals surface area contributed by atoms with E-state index >= 15 is 0 Å². The zero-order valence-electron chi connectivity index (χ0n) is 19.9. The highest BCUT2D eigenvalue weighted by molar-refractivity contribution is 7.52. The molecule has 0 aliphatic heterocycles. The standard InChI is InChI=1S/C22H41O4PSi/c1-12-13-22(6,7)20-18(16-27(23,24-8)25-9)14-17(2)15-19(20)26-28(10,11)21(3,4)5/h14-15H,12-13,16H2,1-11H3. The predicted octanol–water partition coefficient (Wildman–Crippen LogP) is 7.44. The molecule has 0 unspecified atom stereocenters. The molecule has 0 saturated carbocycles. The Morgan fingerprint density at radius 1 is 1.04 bits per heavy atom. The van der Waals surface area contributed by atoms with Gasteiger partial charge >= 0.3 is 7.60 Å². The number of aryl methyl sites for hydroxylation is 1. The highest BCUT2D eigenvalue weighted by Crippen LogP contribution is 2.53. The number of rotatable bonds is 9. The molecule has 0 saturated heterocycles. The second-order valence-electron chi connectivity index (χ2n) is 9.93. The molecule has 4 nitrogen and oxygen atoms in total. The zero-order chi connectivity index (χ0) is 22.0. The lowest BCUT2D eigenvalue weighted by molar-refractivity contribution is 0.274. The molecule has 0 amide bonds. The molecule has 0 spiro atoms. The number of benzene rings is 1. The maximum Gasteiger partial charge on any atom is 0.334 e. The lowest BCUT2D eigenvalue weighted by Gasteiger charge is -2.39. The average Bonchev–Trinajstić information content (AvgIpc) is 2.52. The molecule has 0 atom stereocenters. The summed E-state index contributed by atoms with van der Waals surface area (Å²) in [5.74, 6) is 0.929. The summed E-state index contributed by atoms with van der Waals surface area (Å²) in [6.07, 6.45) is 2.32. The van der Waals surface area contributed by atoms with E-state index in [1.54, 1.807) is 0 Å². The summed E-state index contributed by atoms with van der Waals surface area (Å²) in [5, 5.41) is 0.0947.